The van der Waals surface area contributed by atoms with E-state index in [9.17, 15) is 0 Å². The van der Waals surface area contributed by atoms with E-state index in [0.29, 0.717) is 12.4 Å². The van der Waals surface area contributed by atoms with E-state index >= 15 is 0 Å². The molecule has 6 nitrogen and oxygen atoms in total. The molecule has 0 unspecified atom stereocenters. The molecule has 0 radical (unpaired) electrons. The predicted octanol–water partition coefficient (Wildman–Crippen LogP) is 9.65. The summed E-state index contributed by atoms with van der Waals surface area (Å²) in [5.41, 5.74) is 10.1. The first-order valence-electron chi connectivity index (χ1n) is 18.0. The van der Waals surface area contributed by atoms with E-state index in [4.69, 9.17) is 25.1 Å². The van der Waals surface area contributed by atoms with E-state index in [2.05, 4.69) is 128 Å². The molecule has 1 aliphatic rings. The molecular weight excluding hydrogens is 627 g/mol. The number of rotatable bonds is 10. The molecule has 0 N–H and O–H groups in total. The smallest absolute Gasteiger partial charge is 0.205 e. The Morgan fingerprint density at radius 1 is 0.647 bits per heavy atom. The molecule has 5 aromatic carbocycles. The van der Waals surface area contributed by atoms with Gasteiger partial charge in [-0.1, -0.05) is 153 Å². The molecule has 0 bridgehead atoms. The Hall–Kier alpha value is -5.88. The number of pyridine rings is 1. The molecule has 7 aromatic rings. The highest BCUT2D eigenvalue weighted by Crippen LogP contribution is 2.40. The van der Waals surface area contributed by atoms with Gasteiger partial charge in [-0.3, -0.25) is 4.98 Å². The van der Waals surface area contributed by atoms with Crippen LogP contribution in [-0.2, 0) is 31.4 Å². The summed E-state index contributed by atoms with van der Waals surface area (Å²) in [6.45, 7) is 2.67. The monoisotopic (exact) mass is 667 g/mol. The van der Waals surface area contributed by atoms with Crippen molar-refractivity contribution in [2.75, 3.05) is 0 Å². The Kier molecular flexibility index (Phi) is 9.22. The number of benzene rings is 5. The fourth-order valence-corrected chi connectivity index (χ4v) is 7.43. The predicted molar refractivity (Wildman–Crippen MR) is 203 cm³/mol. The van der Waals surface area contributed by atoms with Crippen molar-refractivity contribution in [3.8, 4) is 28.3 Å². The Balaban J connectivity index is 1.13. The van der Waals surface area contributed by atoms with Crippen LogP contribution in [0.2, 0.25) is 0 Å². The fourth-order valence-electron chi connectivity index (χ4n) is 7.43. The average Bonchev–Trinajstić information content (AvgIpc) is 3.57. The van der Waals surface area contributed by atoms with E-state index in [1.807, 2.05) is 24.3 Å². The molecule has 0 spiro atoms. The van der Waals surface area contributed by atoms with Crippen molar-refractivity contribution < 1.29 is 4.74 Å². The molecule has 0 aliphatic heterocycles. The summed E-state index contributed by atoms with van der Waals surface area (Å²) in [5.74, 6) is 1.57. The minimum Gasteiger partial charge on any atom is -0.488 e. The maximum Gasteiger partial charge on any atom is 0.205 e. The molecule has 2 aromatic heterocycles. The first-order valence-corrected chi connectivity index (χ1v) is 18.0. The lowest BCUT2D eigenvalue weighted by Crippen LogP contribution is -2.39. The van der Waals surface area contributed by atoms with Crippen LogP contribution in [0.25, 0.3) is 22.5 Å². The molecule has 1 aliphatic carbocycles. The number of hydrogen-bond acceptors (Lipinski definition) is 5. The second-order valence-electron chi connectivity index (χ2n) is 13.2. The summed E-state index contributed by atoms with van der Waals surface area (Å²) in [5, 5.41) is 14.7. The Morgan fingerprint density at radius 3 is 1.86 bits per heavy atom. The van der Waals surface area contributed by atoms with Crippen molar-refractivity contribution in [1.82, 2.24) is 25.2 Å². The standard InChI is InChI=1S/C45H41N5O/c1-2-38-31-43(41-25-13-6-14-26-42(41)46-38)51-32-33-27-29-34(30-28-33)39-23-15-16-24-40(39)44-47-49-50(48-44)45(35-17-7-3-8-18-35,36-19-9-4-10-20-36)37-21-11-5-12-22-37/h3-5,7-12,15-24,27-31H,2,6,13-14,25-26,32H2,1H3. The molecule has 2 heterocycles. The maximum absolute atomic E-state index is 6.50. The first-order chi connectivity index (χ1) is 25.2. The van der Waals surface area contributed by atoms with E-state index < -0.39 is 5.54 Å². The molecule has 6 heteroatoms. The zero-order chi connectivity index (χ0) is 34.5. The van der Waals surface area contributed by atoms with Crippen molar-refractivity contribution in [3.63, 3.8) is 0 Å². The Labute approximate surface area is 299 Å². The topological polar surface area (TPSA) is 65.7 Å². The average molecular weight is 668 g/mol. The third kappa shape index (κ3) is 6.34. The highest BCUT2D eigenvalue weighted by Gasteiger charge is 2.41. The van der Waals surface area contributed by atoms with Gasteiger partial charge in [-0.25, -0.2) is 0 Å². The van der Waals surface area contributed by atoms with Crippen LogP contribution in [0, 0.1) is 0 Å². The van der Waals surface area contributed by atoms with Gasteiger partial charge in [0.2, 0.25) is 5.82 Å². The SMILES string of the molecule is CCc1cc(OCc2ccc(-c3ccccc3-c3nnn(C(c4ccccc4)(c4ccccc4)c4ccccc4)n3)cc2)c2c(n1)CCCCC2. The van der Waals surface area contributed by atoms with Crippen LogP contribution in [0.3, 0.4) is 0 Å². The minimum atomic E-state index is -0.837. The highest BCUT2D eigenvalue weighted by atomic mass is 16.5. The largest absolute Gasteiger partial charge is 0.488 e. The number of tetrazole rings is 1. The maximum atomic E-state index is 6.50. The molecule has 252 valence electrons. The normalized spacial score (nSPS) is 13.0. The van der Waals surface area contributed by atoms with Crippen molar-refractivity contribution in [2.24, 2.45) is 0 Å². The summed E-state index contributed by atoms with van der Waals surface area (Å²) in [6.07, 6.45) is 6.64. The van der Waals surface area contributed by atoms with Crippen molar-refractivity contribution in [1.29, 1.82) is 0 Å². The van der Waals surface area contributed by atoms with Crippen LogP contribution in [-0.4, -0.2) is 25.2 Å². The highest BCUT2D eigenvalue weighted by molar-refractivity contribution is 5.80. The molecule has 0 amide bonds. The van der Waals surface area contributed by atoms with Gasteiger partial charge in [0, 0.05) is 28.6 Å². The van der Waals surface area contributed by atoms with Gasteiger partial charge < -0.3 is 4.74 Å². The zero-order valence-corrected chi connectivity index (χ0v) is 29.0. The van der Waals surface area contributed by atoms with Gasteiger partial charge in [-0.05, 0) is 70.7 Å². The number of aryl methyl sites for hydroxylation is 2. The molecule has 0 fully saturated rings. The van der Waals surface area contributed by atoms with Crippen molar-refractivity contribution >= 4 is 0 Å². The first kappa shape index (κ1) is 32.3. The fraction of sp³-hybridized carbons (Fsp3) is 0.200. The number of nitrogens with zero attached hydrogens (tertiary/aromatic N) is 5. The lowest BCUT2D eigenvalue weighted by atomic mass is 9.77. The van der Waals surface area contributed by atoms with Crippen molar-refractivity contribution in [3.05, 3.63) is 185 Å². The summed E-state index contributed by atoms with van der Waals surface area (Å²) in [4.78, 5) is 6.73. The van der Waals surface area contributed by atoms with E-state index in [1.54, 1.807) is 4.80 Å². The van der Waals surface area contributed by atoms with Gasteiger partial charge >= 0.3 is 0 Å². The summed E-state index contributed by atoms with van der Waals surface area (Å²) in [6, 6.07) is 50.4. The molecule has 51 heavy (non-hydrogen) atoms. The van der Waals surface area contributed by atoms with Crippen LogP contribution in [0.4, 0.5) is 0 Å². The molecular formula is C45H41N5O. The number of aromatic nitrogens is 5. The summed E-state index contributed by atoms with van der Waals surface area (Å²) < 4.78 is 6.50. The van der Waals surface area contributed by atoms with Crippen molar-refractivity contribution in [2.45, 2.75) is 57.6 Å². The molecule has 0 saturated carbocycles. The Morgan fingerprint density at radius 2 is 1.24 bits per heavy atom. The van der Waals surface area contributed by atoms with Crippen LogP contribution in [0.1, 0.15) is 65.4 Å². The summed E-state index contributed by atoms with van der Waals surface area (Å²) >= 11 is 0. The lowest BCUT2D eigenvalue weighted by molar-refractivity contribution is 0.301. The molecule has 8 rings (SSSR count). The molecule has 0 saturated heterocycles. The van der Waals surface area contributed by atoms with Gasteiger partial charge in [-0.2, -0.15) is 0 Å². The van der Waals surface area contributed by atoms with Crippen LogP contribution < -0.4 is 4.74 Å². The molecule has 0 atom stereocenters. The number of ether oxygens (including phenoxy) is 1. The van der Waals surface area contributed by atoms with Gasteiger partial charge in [0.1, 0.15) is 12.4 Å². The Bertz CT molecular complexity index is 2120. The zero-order valence-electron chi connectivity index (χ0n) is 29.0. The quantitative estimate of drug-likeness (QED) is 0.107. The second-order valence-corrected chi connectivity index (χ2v) is 13.2. The van der Waals surface area contributed by atoms with Crippen LogP contribution in [0.15, 0.2) is 146 Å². The van der Waals surface area contributed by atoms with Gasteiger partial charge in [0.25, 0.3) is 0 Å². The van der Waals surface area contributed by atoms with E-state index in [1.165, 1.54) is 30.5 Å². The van der Waals surface area contributed by atoms with Crippen LogP contribution in [0.5, 0.6) is 5.75 Å². The van der Waals surface area contributed by atoms with E-state index in [0.717, 1.165) is 69.7 Å². The minimum absolute atomic E-state index is 0.512. The second kappa shape index (κ2) is 14.5. The van der Waals surface area contributed by atoms with E-state index in [-0.39, 0.29) is 0 Å². The van der Waals surface area contributed by atoms with Gasteiger partial charge in [-0.15, -0.1) is 15.0 Å². The lowest BCUT2D eigenvalue weighted by Gasteiger charge is -2.34. The number of hydrogen-bond donors (Lipinski definition) is 0. The third-order valence-corrected chi connectivity index (χ3v) is 10.0. The third-order valence-electron chi connectivity index (χ3n) is 10.0. The van der Waals surface area contributed by atoms with Gasteiger partial charge in [0.05, 0.1) is 0 Å². The summed E-state index contributed by atoms with van der Waals surface area (Å²) in [7, 11) is 0. The number of fused-ring (bicyclic) bond motifs is 1. The van der Waals surface area contributed by atoms with Crippen LogP contribution >= 0.6 is 0 Å². The van der Waals surface area contributed by atoms with Gasteiger partial charge in [0.15, 0.2) is 5.54 Å².